The summed E-state index contributed by atoms with van der Waals surface area (Å²) in [5.41, 5.74) is -3.52. The van der Waals surface area contributed by atoms with Crippen molar-refractivity contribution in [2.75, 3.05) is 33.0 Å². The summed E-state index contributed by atoms with van der Waals surface area (Å²) in [5.74, 6) is -5.65. The van der Waals surface area contributed by atoms with Gasteiger partial charge in [0, 0.05) is 0 Å². The molecule has 0 spiro atoms. The first-order valence-electron chi connectivity index (χ1n) is 55.5. The lowest BCUT2D eigenvalue weighted by Gasteiger charge is -2.48. The molecule has 0 aromatic carbocycles. The van der Waals surface area contributed by atoms with Gasteiger partial charge in [0.05, 0.1) is 129 Å². The van der Waals surface area contributed by atoms with E-state index in [0.717, 1.165) is 186 Å². The Balaban J connectivity index is 0.000000209. The standard InChI is InChI=1S/2C17H27NO4.3C16H25NO4.2C15H23NO4/c1-4-17(2,3)16(21)22-11-10-14(19)18-13-9-7-5-6-8-12(13)15(18)20;1-4-17(2,3)16(21)22-11-14(19)18-13-10-8-6-5-7-9-12(13)15(18)20;1-5-16(3,4)15(20)21-10(2)13(18)17-12-9-7-6-8-11(12)14(17)19;1-4-16(2,3)15(20)21-10-13(18)17-12-9-7-5-6-8-11(12)14(17)19;1-3-11(2)16(20)21-10-14(18)17-13-9-7-5-4-6-8-12(13)15(17)19;1-5-15(3,4)14(19)20-9(2)12(17)16-11-8-6-7-10(11)13(16)18;1-4-15(2,3)14(19)20-9-12(17)16-11-8-6-5-7-10(11)13(16)18/h2*12-13H,4-11H2,1-3H3;10-12H,5-9H2,1-4H3;11-12H,4-10H2,1-3H3;11-13H,3-10H2,1-2H3;9-11H,5-8H2,1-4H3;10-11H,4-9H2,1-3H3. The number of amides is 14. The molecule has 35 heteroatoms. The van der Waals surface area contributed by atoms with Gasteiger partial charge in [-0.05, 0) is 232 Å². The lowest BCUT2D eigenvalue weighted by molar-refractivity contribution is -0.180. The van der Waals surface area contributed by atoms with Crippen LogP contribution in [-0.4, -0.2) is 246 Å². The number of nitrogens with zero attached hydrogens (tertiary/aromatic N) is 7. The topological polar surface area (TPSA) is 446 Å². The van der Waals surface area contributed by atoms with Crippen molar-refractivity contribution in [1.82, 2.24) is 34.3 Å². The lowest BCUT2D eigenvalue weighted by Crippen LogP contribution is -2.65. The molecule has 17 unspecified atom stereocenters. The van der Waals surface area contributed by atoms with Crippen LogP contribution in [0.1, 0.15) is 416 Å². The predicted molar refractivity (Wildman–Crippen MR) is 541 cm³/mol. The van der Waals surface area contributed by atoms with Gasteiger partial charge in [-0.25, -0.2) is 0 Å². The van der Waals surface area contributed by atoms with Gasteiger partial charge in [-0.15, -0.1) is 0 Å². The first kappa shape index (κ1) is 122. The molecule has 14 fully saturated rings. The van der Waals surface area contributed by atoms with Crippen LogP contribution in [0.2, 0.25) is 0 Å². The lowest BCUT2D eigenvalue weighted by atomic mass is 9.76. The number of fused-ring (bicyclic) bond motifs is 7. The molecule has 35 nitrogen and oxygen atoms in total. The molecule has 7 saturated carbocycles. The number of likely N-dealkylation sites (tertiary alicyclic amines) is 7. The highest BCUT2D eigenvalue weighted by Gasteiger charge is 2.59. The Hall–Kier alpha value is -9.73. The Bertz CT molecular complexity index is 4720. The van der Waals surface area contributed by atoms with Crippen molar-refractivity contribution in [3.8, 4) is 0 Å². The predicted octanol–water partition coefficient (Wildman–Crippen LogP) is 16.0. The zero-order chi connectivity index (χ0) is 109. The fourth-order valence-electron chi connectivity index (χ4n) is 21.0. The summed E-state index contributed by atoms with van der Waals surface area (Å²) in [6, 6.07) is 0.289. The molecule has 0 bridgehead atoms. The molecule has 17 atom stereocenters. The molecule has 0 aromatic heterocycles. The molecule has 7 heterocycles. The summed E-state index contributed by atoms with van der Waals surface area (Å²) in [4.78, 5) is 262. The fraction of sp³-hybridized carbons (Fsp3) is 0.812. The fourth-order valence-corrected chi connectivity index (χ4v) is 21.0. The van der Waals surface area contributed by atoms with E-state index in [9.17, 15) is 101 Å². The second kappa shape index (κ2) is 54.3. The minimum atomic E-state index is -0.893. The van der Waals surface area contributed by atoms with E-state index >= 15 is 0 Å². The number of hydrogen-bond donors (Lipinski definition) is 0. The Morgan fingerprint density at radius 2 is 0.435 bits per heavy atom. The van der Waals surface area contributed by atoms with Gasteiger partial charge >= 0.3 is 41.8 Å². The molecule has 0 aromatic rings. The quantitative estimate of drug-likeness (QED) is 0.0381. The van der Waals surface area contributed by atoms with E-state index in [0.29, 0.717) is 44.9 Å². The third-order valence-electron chi connectivity index (χ3n) is 34.1. The molecule has 14 rings (SSSR count). The highest BCUT2D eigenvalue weighted by molar-refractivity contribution is 6.08. The van der Waals surface area contributed by atoms with Gasteiger partial charge in [-0.3, -0.25) is 135 Å². The zero-order valence-corrected chi connectivity index (χ0v) is 92.4. The number of carbonyl (C=O) groups is 21. The maximum atomic E-state index is 12.4. The number of β-lactam (4-membered cyclic amide) rings is 7. The average Bonchev–Trinajstić information content (AvgIpc) is 1.51. The van der Waals surface area contributed by atoms with Gasteiger partial charge in [-0.2, -0.15) is 0 Å². The molecular weight excluding hydrogens is 1890 g/mol. The third-order valence-corrected chi connectivity index (χ3v) is 34.1. The van der Waals surface area contributed by atoms with Gasteiger partial charge in [0.2, 0.25) is 47.3 Å². The summed E-state index contributed by atoms with van der Waals surface area (Å²) in [7, 11) is 0. The van der Waals surface area contributed by atoms with Crippen LogP contribution in [0.25, 0.3) is 0 Å². The van der Waals surface area contributed by atoms with E-state index in [1.54, 1.807) is 90.0 Å². The Morgan fingerprint density at radius 3 is 0.694 bits per heavy atom. The second-order valence-corrected chi connectivity index (χ2v) is 46.6. The van der Waals surface area contributed by atoms with Crippen LogP contribution in [0.5, 0.6) is 0 Å². The smallest absolute Gasteiger partial charge is 0.312 e. The van der Waals surface area contributed by atoms with Crippen LogP contribution in [-0.2, 0) is 134 Å². The van der Waals surface area contributed by atoms with E-state index in [2.05, 4.69) is 0 Å². The number of carbonyl (C=O) groups excluding carboxylic acids is 21. The Labute approximate surface area is 871 Å². The van der Waals surface area contributed by atoms with Gasteiger partial charge in [-0.1, -0.05) is 177 Å². The third kappa shape index (κ3) is 30.0. The van der Waals surface area contributed by atoms with Gasteiger partial charge < -0.3 is 33.2 Å². The summed E-state index contributed by atoms with van der Waals surface area (Å²) in [6.45, 7) is 38.5. The summed E-state index contributed by atoms with van der Waals surface area (Å²) in [5, 5.41) is 0. The van der Waals surface area contributed by atoms with Crippen LogP contribution in [0.4, 0.5) is 0 Å². The minimum absolute atomic E-state index is 0.00651. The van der Waals surface area contributed by atoms with Crippen molar-refractivity contribution in [3.05, 3.63) is 0 Å². The normalized spacial score (nSPS) is 26.1. The number of esters is 7. The first-order chi connectivity index (χ1) is 69.2. The maximum Gasteiger partial charge on any atom is 0.312 e. The number of ether oxygens (including phenoxy) is 7. The zero-order valence-electron chi connectivity index (χ0n) is 92.4. The van der Waals surface area contributed by atoms with Crippen LogP contribution in [0.15, 0.2) is 0 Å². The van der Waals surface area contributed by atoms with Gasteiger partial charge in [0.15, 0.2) is 38.6 Å². The Morgan fingerprint density at radius 1 is 0.245 bits per heavy atom. The van der Waals surface area contributed by atoms with Gasteiger partial charge in [0.1, 0.15) is 6.61 Å². The maximum absolute atomic E-state index is 12.4. The SMILES string of the molecule is CCC(C)(C)C(=O)OC(C)C(=O)N1C(=O)C2CCCC21.CCC(C)(C)C(=O)OC(C)C(=O)N1C(=O)C2CCCCC21.CCC(C)(C)C(=O)OCC(=O)N1C(=O)C2CCCCC21.CCC(C)(C)C(=O)OCC(=O)N1C(=O)C2CCCCCC21.CCC(C)(C)C(=O)OCC(=O)N1C(=O)C2CCCCCCC21.CCC(C)(C)C(=O)OCCC(=O)N1C(=O)C2CCCCCC21.CCC(C)C(=O)OCC(=O)N1C(=O)C2CCCCCCC21. The van der Waals surface area contributed by atoms with Crippen molar-refractivity contribution >= 4 is 124 Å². The molecule has 14 amide bonds. The summed E-state index contributed by atoms with van der Waals surface area (Å²) >= 11 is 0. The number of imide groups is 7. The van der Waals surface area contributed by atoms with Crippen molar-refractivity contribution in [2.45, 2.75) is 470 Å². The van der Waals surface area contributed by atoms with Crippen LogP contribution < -0.4 is 0 Å². The minimum Gasteiger partial charge on any atom is -0.465 e. The molecule has 0 N–H and O–H groups in total. The van der Waals surface area contributed by atoms with E-state index in [-0.39, 0.29) is 248 Å². The molecule has 7 aliphatic carbocycles. The highest BCUT2D eigenvalue weighted by Crippen LogP contribution is 2.46. The summed E-state index contributed by atoms with van der Waals surface area (Å²) in [6.07, 6.45) is 36.0. The summed E-state index contributed by atoms with van der Waals surface area (Å²) < 4.78 is 36.0. The van der Waals surface area contributed by atoms with Gasteiger partial charge in [0.25, 0.3) is 35.4 Å². The van der Waals surface area contributed by atoms with Crippen molar-refractivity contribution in [3.63, 3.8) is 0 Å². The van der Waals surface area contributed by atoms with Crippen molar-refractivity contribution in [2.24, 2.45) is 79.8 Å². The van der Waals surface area contributed by atoms with E-state index in [1.165, 1.54) is 60.0 Å². The average molecular weight is 2070 g/mol. The molecule has 14 aliphatic rings. The van der Waals surface area contributed by atoms with Crippen LogP contribution in [0.3, 0.4) is 0 Å². The first-order valence-corrected chi connectivity index (χ1v) is 55.5. The van der Waals surface area contributed by atoms with E-state index < -0.39 is 50.7 Å². The van der Waals surface area contributed by atoms with Crippen molar-refractivity contribution in [1.29, 1.82) is 0 Å². The molecule has 7 aliphatic heterocycles. The van der Waals surface area contributed by atoms with E-state index in [1.807, 2.05) is 62.3 Å². The monoisotopic (exact) mass is 2070 g/mol. The Kier molecular flexibility index (Phi) is 45.2. The largest absolute Gasteiger partial charge is 0.465 e. The number of rotatable bonds is 29. The van der Waals surface area contributed by atoms with Crippen LogP contribution in [0, 0.1) is 79.8 Å². The molecule has 147 heavy (non-hydrogen) atoms. The van der Waals surface area contributed by atoms with Crippen LogP contribution >= 0.6 is 0 Å². The van der Waals surface area contributed by atoms with Crippen molar-refractivity contribution < 1.29 is 134 Å². The molecule has 0 radical (unpaired) electrons. The van der Waals surface area contributed by atoms with E-state index in [4.69, 9.17) is 33.2 Å². The second-order valence-electron chi connectivity index (χ2n) is 46.6. The molecular formula is C112H175N7O28. The molecule has 826 valence electrons. The number of hydrogen-bond acceptors (Lipinski definition) is 28. The highest BCUT2D eigenvalue weighted by atomic mass is 16.6. The molecule has 7 saturated heterocycles.